The second-order valence-corrected chi connectivity index (χ2v) is 7.93. The van der Waals surface area contributed by atoms with Crippen LogP contribution in [0.3, 0.4) is 0 Å². The Bertz CT molecular complexity index is 512. The predicted molar refractivity (Wildman–Crippen MR) is 95.9 cm³/mol. The molecule has 1 aromatic heterocycles. The molecule has 1 atom stereocenters. The number of likely N-dealkylation sites (N-methyl/N-ethyl adjacent to an activating group) is 2. The number of nitrogens with one attached hydrogen (secondary N) is 1. The number of aromatic nitrogens is 2. The maximum Gasteiger partial charge on any atom is 0.149 e. The number of hydrogen-bond acceptors (Lipinski definition) is 5. The van der Waals surface area contributed by atoms with Gasteiger partial charge in [-0.2, -0.15) is 0 Å². The van der Waals surface area contributed by atoms with Gasteiger partial charge in [-0.15, -0.1) is 0 Å². The molecule has 1 saturated heterocycles. The molecule has 0 aliphatic carbocycles. The van der Waals surface area contributed by atoms with Gasteiger partial charge in [0.2, 0.25) is 0 Å². The first-order valence-electron chi connectivity index (χ1n) is 7.38. The van der Waals surface area contributed by atoms with Gasteiger partial charge in [-0.3, -0.25) is 4.90 Å². The molecular formula is C15H26IN5. The van der Waals surface area contributed by atoms with E-state index in [0.29, 0.717) is 0 Å². The predicted octanol–water partition coefficient (Wildman–Crippen LogP) is 2.34. The minimum Gasteiger partial charge on any atom is -0.372 e. The van der Waals surface area contributed by atoms with E-state index in [2.05, 4.69) is 72.6 Å². The summed E-state index contributed by atoms with van der Waals surface area (Å²) >= 11 is 2.35. The highest BCUT2D eigenvalue weighted by molar-refractivity contribution is 14.1. The Morgan fingerprint density at radius 1 is 1.19 bits per heavy atom. The fraction of sp³-hybridized carbons (Fsp3) is 0.733. The second-order valence-electron chi connectivity index (χ2n) is 6.85. The molecule has 1 N–H and O–H groups in total. The molecule has 2 heterocycles. The average molecular weight is 403 g/mol. The number of hydrogen-bond donors (Lipinski definition) is 1. The summed E-state index contributed by atoms with van der Waals surface area (Å²) in [5.74, 6) is 1.87. The van der Waals surface area contributed by atoms with Crippen LogP contribution in [0.4, 0.5) is 5.82 Å². The fourth-order valence-electron chi connectivity index (χ4n) is 2.56. The van der Waals surface area contributed by atoms with Gasteiger partial charge >= 0.3 is 0 Å². The van der Waals surface area contributed by atoms with E-state index in [-0.39, 0.29) is 11.5 Å². The van der Waals surface area contributed by atoms with Gasteiger partial charge in [-0.1, -0.05) is 20.8 Å². The number of piperazine rings is 1. The van der Waals surface area contributed by atoms with E-state index in [1.165, 1.54) is 0 Å². The number of nitrogens with zero attached hydrogens (tertiary/aromatic N) is 4. The number of halogens is 1. The zero-order valence-corrected chi connectivity index (χ0v) is 16.0. The summed E-state index contributed by atoms with van der Waals surface area (Å²) in [6.07, 6.45) is 0. The fourth-order valence-corrected chi connectivity index (χ4v) is 3.88. The molecule has 118 valence electrons. The summed E-state index contributed by atoms with van der Waals surface area (Å²) in [5.41, 5.74) is 1.14. The quantitative estimate of drug-likeness (QED) is 0.769. The first kappa shape index (κ1) is 16.9. The van der Waals surface area contributed by atoms with Crippen LogP contribution in [0.15, 0.2) is 0 Å². The van der Waals surface area contributed by atoms with Crippen LogP contribution in [-0.4, -0.2) is 60.5 Å². The van der Waals surface area contributed by atoms with Gasteiger partial charge < -0.3 is 10.2 Å². The molecule has 0 bridgehead atoms. The Kier molecular flexibility index (Phi) is 5.10. The molecule has 0 saturated carbocycles. The maximum atomic E-state index is 4.93. The first-order valence-corrected chi connectivity index (χ1v) is 8.46. The Hall–Kier alpha value is -0.470. The topological polar surface area (TPSA) is 44.3 Å². The van der Waals surface area contributed by atoms with Crippen molar-refractivity contribution in [2.24, 2.45) is 0 Å². The van der Waals surface area contributed by atoms with Crippen molar-refractivity contribution >= 4 is 28.4 Å². The minimum absolute atomic E-state index is 0.0129. The lowest BCUT2D eigenvalue weighted by Crippen LogP contribution is -2.45. The van der Waals surface area contributed by atoms with Crippen LogP contribution in [0.2, 0.25) is 0 Å². The van der Waals surface area contributed by atoms with Gasteiger partial charge in [0, 0.05) is 32.1 Å². The van der Waals surface area contributed by atoms with E-state index in [1.807, 2.05) is 7.05 Å². The molecule has 1 aromatic rings. The molecule has 0 aromatic carbocycles. The van der Waals surface area contributed by atoms with E-state index < -0.39 is 0 Å². The Morgan fingerprint density at radius 3 is 2.43 bits per heavy atom. The summed E-state index contributed by atoms with van der Waals surface area (Å²) in [5, 5.41) is 3.22. The molecule has 21 heavy (non-hydrogen) atoms. The highest BCUT2D eigenvalue weighted by Crippen LogP contribution is 2.31. The summed E-state index contributed by atoms with van der Waals surface area (Å²) < 4.78 is 1.12. The van der Waals surface area contributed by atoms with Gasteiger partial charge in [0.05, 0.1) is 15.3 Å². The molecule has 0 radical (unpaired) electrons. The van der Waals surface area contributed by atoms with Gasteiger partial charge in [0.1, 0.15) is 11.6 Å². The molecule has 5 nitrogen and oxygen atoms in total. The zero-order valence-electron chi connectivity index (χ0n) is 13.9. The van der Waals surface area contributed by atoms with Crippen molar-refractivity contribution in [1.29, 1.82) is 0 Å². The normalized spacial score (nSPS) is 21.6. The van der Waals surface area contributed by atoms with Crippen LogP contribution < -0.4 is 5.32 Å². The summed E-state index contributed by atoms with van der Waals surface area (Å²) in [6.45, 7) is 9.74. The van der Waals surface area contributed by atoms with E-state index in [9.17, 15) is 0 Å². The molecular weight excluding hydrogens is 377 g/mol. The molecule has 1 aliphatic rings. The van der Waals surface area contributed by atoms with Crippen molar-refractivity contribution in [1.82, 2.24) is 19.8 Å². The molecule has 0 amide bonds. The van der Waals surface area contributed by atoms with Crippen molar-refractivity contribution in [3.63, 3.8) is 0 Å². The highest BCUT2D eigenvalue weighted by atomic mass is 127. The molecule has 6 heteroatoms. The van der Waals surface area contributed by atoms with Gasteiger partial charge in [-0.25, -0.2) is 9.97 Å². The largest absolute Gasteiger partial charge is 0.372 e. The third-order valence-corrected chi connectivity index (χ3v) is 4.99. The molecule has 1 aliphatic heterocycles. The molecule has 1 unspecified atom stereocenters. The van der Waals surface area contributed by atoms with Crippen LogP contribution in [-0.2, 0) is 5.41 Å². The standard InChI is InChI=1S/C15H26IN5/c1-15(2,3)12-11(16)14(17-4)19-13(18-12)10-9-20(5)7-8-21(10)6/h10H,7-9H2,1-6H3,(H,17,18,19). The number of rotatable bonds is 2. The third kappa shape index (κ3) is 3.65. The SMILES string of the molecule is CNc1nc(C2CN(C)CCN2C)nc(C(C)(C)C)c1I. The zero-order chi connectivity index (χ0) is 15.8. The van der Waals surface area contributed by atoms with E-state index in [4.69, 9.17) is 9.97 Å². The molecule has 0 spiro atoms. The monoisotopic (exact) mass is 403 g/mol. The first-order chi connectivity index (χ1) is 9.74. The van der Waals surface area contributed by atoms with Crippen molar-refractivity contribution < 1.29 is 0 Å². The third-order valence-electron chi connectivity index (χ3n) is 3.96. The number of anilines is 1. The van der Waals surface area contributed by atoms with Crippen LogP contribution in [0.5, 0.6) is 0 Å². The van der Waals surface area contributed by atoms with E-state index in [0.717, 1.165) is 40.5 Å². The lowest BCUT2D eigenvalue weighted by molar-refractivity contribution is 0.109. The van der Waals surface area contributed by atoms with Crippen molar-refractivity contribution in [2.75, 3.05) is 46.1 Å². The smallest absolute Gasteiger partial charge is 0.149 e. The van der Waals surface area contributed by atoms with Crippen molar-refractivity contribution in [3.8, 4) is 0 Å². The van der Waals surface area contributed by atoms with Crippen LogP contribution in [0, 0.1) is 3.57 Å². The highest BCUT2D eigenvalue weighted by Gasteiger charge is 2.29. The minimum atomic E-state index is 0.0129. The van der Waals surface area contributed by atoms with Crippen LogP contribution in [0.25, 0.3) is 0 Å². The summed E-state index contributed by atoms with van der Waals surface area (Å²) in [7, 11) is 6.25. The van der Waals surface area contributed by atoms with Gasteiger partial charge in [-0.05, 0) is 36.7 Å². The lowest BCUT2D eigenvalue weighted by Gasteiger charge is -2.37. The maximum absolute atomic E-state index is 4.93. The van der Waals surface area contributed by atoms with Crippen molar-refractivity contribution in [3.05, 3.63) is 15.1 Å². The van der Waals surface area contributed by atoms with Gasteiger partial charge in [0.25, 0.3) is 0 Å². The second kappa shape index (κ2) is 6.34. The Balaban J connectivity index is 2.48. The lowest BCUT2D eigenvalue weighted by atomic mass is 9.91. The van der Waals surface area contributed by atoms with Crippen LogP contribution in [0.1, 0.15) is 38.3 Å². The molecule has 1 fully saturated rings. The van der Waals surface area contributed by atoms with Gasteiger partial charge in [0.15, 0.2) is 0 Å². The van der Waals surface area contributed by atoms with Crippen LogP contribution >= 0.6 is 22.6 Å². The average Bonchev–Trinajstić information content (AvgIpc) is 2.40. The van der Waals surface area contributed by atoms with E-state index in [1.54, 1.807) is 0 Å². The Labute approximate surface area is 141 Å². The Morgan fingerprint density at radius 2 is 1.86 bits per heavy atom. The summed E-state index contributed by atoms with van der Waals surface area (Å²) in [4.78, 5) is 14.4. The van der Waals surface area contributed by atoms with E-state index >= 15 is 0 Å². The molecule has 2 rings (SSSR count). The van der Waals surface area contributed by atoms with Crippen molar-refractivity contribution in [2.45, 2.75) is 32.2 Å². The summed E-state index contributed by atoms with van der Waals surface area (Å²) in [6, 6.07) is 0.258.